The molecule has 0 radical (unpaired) electrons. The van der Waals surface area contributed by atoms with Gasteiger partial charge in [-0.1, -0.05) is 27.7 Å². The third-order valence-corrected chi connectivity index (χ3v) is 2.71. The maximum Gasteiger partial charge on any atom is 0.0668 e. The Hall–Kier alpha value is -0.790. The monoisotopic (exact) mass is 208 g/mol. The zero-order chi connectivity index (χ0) is 11.7. The average Bonchev–Trinajstić information content (AvgIpc) is 1.99. The molecule has 1 N–H and O–H groups in total. The van der Waals surface area contributed by atoms with E-state index in [0.717, 1.165) is 0 Å². The van der Waals surface area contributed by atoms with Gasteiger partial charge in [-0.25, -0.2) is 0 Å². The van der Waals surface area contributed by atoms with E-state index in [4.69, 9.17) is 0 Å². The molecule has 2 nitrogen and oxygen atoms in total. The van der Waals surface area contributed by atoms with Crippen LogP contribution >= 0.6 is 0 Å². The van der Waals surface area contributed by atoms with Crippen LogP contribution in [0.4, 0.5) is 0 Å². The summed E-state index contributed by atoms with van der Waals surface area (Å²) in [4.78, 5) is 4.34. The molecule has 0 aromatic carbocycles. The van der Waals surface area contributed by atoms with Crippen LogP contribution in [0.3, 0.4) is 0 Å². The Morgan fingerprint density at radius 2 is 2.00 bits per heavy atom. The Morgan fingerprint density at radius 3 is 2.47 bits per heavy atom. The highest BCUT2D eigenvalue weighted by atomic mass is 15.0. The summed E-state index contributed by atoms with van der Waals surface area (Å²) in [6, 6.07) is 0. The highest BCUT2D eigenvalue weighted by Crippen LogP contribution is 2.34. The van der Waals surface area contributed by atoms with Gasteiger partial charge in [0.15, 0.2) is 0 Å². The molecule has 1 rings (SSSR count). The number of hydrogen-bond acceptors (Lipinski definition) is 2. The maximum absolute atomic E-state index is 4.34. The van der Waals surface area contributed by atoms with E-state index in [1.54, 1.807) is 0 Å². The number of allylic oxidation sites excluding steroid dienone is 1. The van der Waals surface area contributed by atoms with Crippen LogP contribution in [0.15, 0.2) is 16.9 Å². The summed E-state index contributed by atoms with van der Waals surface area (Å²) in [5.74, 6) is 0.705. The molecule has 0 atom stereocenters. The summed E-state index contributed by atoms with van der Waals surface area (Å²) in [7, 11) is 0. The van der Waals surface area contributed by atoms with Gasteiger partial charge in [0, 0.05) is 23.5 Å². The number of hydrogen-bond donors (Lipinski definition) is 1. The molecule has 0 spiro atoms. The smallest absolute Gasteiger partial charge is 0.0668 e. The van der Waals surface area contributed by atoms with Crippen LogP contribution in [-0.4, -0.2) is 11.8 Å². The summed E-state index contributed by atoms with van der Waals surface area (Å²) in [6.07, 6.45) is 5.10. The lowest BCUT2D eigenvalue weighted by atomic mass is 9.80. The van der Waals surface area contributed by atoms with Gasteiger partial charge in [0.1, 0.15) is 0 Å². The number of rotatable bonds is 3. The summed E-state index contributed by atoms with van der Waals surface area (Å²) in [5, 5.41) is 3.55. The van der Waals surface area contributed by atoms with E-state index < -0.39 is 0 Å². The first-order valence-electron chi connectivity index (χ1n) is 5.76. The van der Waals surface area contributed by atoms with Crippen LogP contribution in [0, 0.1) is 11.3 Å². The molecule has 1 heterocycles. The van der Waals surface area contributed by atoms with Crippen molar-refractivity contribution in [3.63, 3.8) is 0 Å². The quantitative estimate of drug-likeness (QED) is 0.755. The van der Waals surface area contributed by atoms with Gasteiger partial charge in [0.2, 0.25) is 0 Å². The topological polar surface area (TPSA) is 24.4 Å². The summed E-state index contributed by atoms with van der Waals surface area (Å²) >= 11 is 0. The van der Waals surface area contributed by atoms with Crippen LogP contribution in [0.2, 0.25) is 0 Å². The van der Waals surface area contributed by atoms with E-state index in [9.17, 15) is 0 Å². The van der Waals surface area contributed by atoms with Crippen molar-refractivity contribution in [3.8, 4) is 0 Å². The van der Waals surface area contributed by atoms with Gasteiger partial charge in [0.05, 0.1) is 5.54 Å². The van der Waals surface area contributed by atoms with Gasteiger partial charge in [-0.3, -0.25) is 4.99 Å². The lowest BCUT2D eigenvalue weighted by Crippen LogP contribution is -2.45. The van der Waals surface area contributed by atoms with E-state index >= 15 is 0 Å². The van der Waals surface area contributed by atoms with E-state index in [1.165, 1.54) is 12.1 Å². The Kier molecular flexibility index (Phi) is 3.27. The minimum Gasteiger partial charge on any atom is -0.377 e. The van der Waals surface area contributed by atoms with Crippen molar-refractivity contribution in [2.45, 2.75) is 53.5 Å². The van der Waals surface area contributed by atoms with E-state index in [0.29, 0.717) is 5.92 Å². The van der Waals surface area contributed by atoms with Crippen LogP contribution in [0.1, 0.15) is 48.0 Å². The third-order valence-electron chi connectivity index (χ3n) is 2.71. The summed E-state index contributed by atoms with van der Waals surface area (Å²) in [6.45, 7) is 13.4. The molecule has 0 bridgehead atoms. The molecule has 0 aromatic heterocycles. The normalized spacial score (nSPS) is 20.1. The molecule has 1 aliphatic rings. The maximum atomic E-state index is 4.34. The van der Waals surface area contributed by atoms with Crippen molar-refractivity contribution in [2.24, 2.45) is 16.3 Å². The minimum absolute atomic E-state index is 0.0155. The average molecular weight is 208 g/mol. The summed E-state index contributed by atoms with van der Waals surface area (Å²) in [5.41, 5.74) is 1.42. The van der Waals surface area contributed by atoms with Crippen molar-refractivity contribution >= 4 is 6.21 Å². The molecule has 0 aromatic rings. The van der Waals surface area contributed by atoms with Crippen molar-refractivity contribution in [2.75, 3.05) is 0 Å². The van der Waals surface area contributed by atoms with Crippen LogP contribution in [0.5, 0.6) is 0 Å². The van der Waals surface area contributed by atoms with Gasteiger partial charge < -0.3 is 5.32 Å². The number of nitrogens with zero attached hydrogens (tertiary/aromatic N) is 1. The Morgan fingerprint density at radius 1 is 1.40 bits per heavy atom. The van der Waals surface area contributed by atoms with E-state index in [2.05, 4.69) is 51.9 Å². The van der Waals surface area contributed by atoms with Crippen molar-refractivity contribution in [1.29, 1.82) is 0 Å². The lowest BCUT2D eigenvalue weighted by Gasteiger charge is -2.37. The number of aliphatic imine (C=N–C) groups is 1. The fourth-order valence-corrected chi connectivity index (χ4v) is 2.18. The van der Waals surface area contributed by atoms with Gasteiger partial charge in [-0.2, -0.15) is 0 Å². The zero-order valence-corrected chi connectivity index (χ0v) is 10.9. The first kappa shape index (κ1) is 12.3. The fourth-order valence-electron chi connectivity index (χ4n) is 2.18. The predicted octanol–water partition coefficient (Wildman–Crippen LogP) is 3.35. The van der Waals surface area contributed by atoms with Crippen LogP contribution < -0.4 is 5.32 Å². The second-order valence-corrected chi connectivity index (χ2v) is 6.15. The molecule has 0 unspecified atom stereocenters. The first-order chi connectivity index (χ1) is 6.73. The minimum atomic E-state index is -0.0155. The predicted molar refractivity (Wildman–Crippen MR) is 67.0 cm³/mol. The third kappa shape index (κ3) is 3.37. The highest BCUT2D eigenvalue weighted by molar-refractivity contribution is 5.71. The molecule has 0 aliphatic carbocycles. The molecule has 2 heteroatoms. The van der Waals surface area contributed by atoms with Crippen molar-refractivity contribution in [1.82, 2.24) is 5.32 Å². The van der Waals surface area contributed by atoms with Gasteiger partial charge in [0.25, 0.3) is 0 Å². The SMILES string of the molecule is CC(C)CC(C)(C)C1=CN=CC(C)(C)N1. The molecule has 1 aliphatic heterocycles. The molecular formula is C13H24N2. The van der Waals surface area contributed by atoms with Crippen LogP contribution in [0.25, 0.3) is 0 Å². The van der Waals surface area contributed by atoms with Gasteiger partial charge >= 0.3 is 0 Å². The largest absolute Gasteiger partial charge is 0.377 e. The first-order valence-corrected chi connectivity index (χ1v) is 5.76. The van der Waals surface area contributed by atoms with Gasteiger partial charge in [-0.05, 0) is 26.2 Å². The zero-order valence-electron chi connectivity index (χ0n) is 10.9. The number of nitrogens with one attached hydrogen (secondary N) is 1. The molecule has 15 heavy (non-hydrogen) atoms. The van der Waals surface area contributed by atoms with Crippen LogP contribution in [-0.2, 0) is 0 Å². The summed E-state index contributed by atoms with van der Waals surface area (Å²) < 4.78 is 0. The van der Waals surface area contributed by atoms with E-state index in [1.807, 2.05) is 12.4 Å². The van der Waals surface area contributed by atoms with Crippen molar-refractivity contribution in [3.05, 3.63) is 11.9 Å². The second-order valence-electron chi connectivity index (χ2n) is 6.15. The molecule has 86 valence electrons. The van der Waals surface area contributed by atoms with Gasteiger partial charge in [-0.15, -0.1) is 0 Å². The second kappa shape index (κ2) is 3.99. The molecule has 0 saturated heterocycles. The molecule has 0 saturated carbocycles. The Bertz CT molecular complexity index is 283. The lowest BCUT2D eigenvalue weighted by molar-refractivity contribution is 0.310. The molecular weight excluding hydrogens is 184 g/mol. The Labute approximate surface area is 93.9 Å². The standard InChI is InChI=1S/C13H24N2/c1-10(2)7-12(3,4)11-8-14-9-13(5,6)15-11/h8-10,15H,7H2,1-6H3. The highest BCUT2D eigenvalue weighted by Gasteiger charge is 2.29. The Balaban J connectivity index is 2.80. The molecule has 0 amide bonds. The van der Waals surface area contributed by atoms with Crippen molar-refractivity contribution < 1.29 is 0 Å². The van der Waals surface area contributed by atoms with E-state index in [-0.39, 0.29) is 11.0 Å². The fraction of sp³-hybridized carbons (Fsp3) is 0.769. The molecule has 0 fully saturated rings.